The van der Waals surface area contributed by atoms with Gasteiger partial charge in [-0.15, -0.1) is 0 Å². The van der Waals surface area contributed by atoms with Crippen LogP contribution >= 0.6 is 15.2 Å². The van der Waals surface area contributed by atoms with Gasteiger partial charge in [0.1, 0.15) is 11.5 Å². The maximum Gasteiger partial charge on any atom is 0.584 e. The zero-order valence-corrected chi connectivity index (χ0v) is 31.5. The van der Waals surface area contributed by atoms with Crippen LogP contribution in [0.1, 0.15) is 16.8 Å². The molecule has 0 bridgehead atoms. The lowest BCUT2D eigenvalue weighted by atomic mass is 9.88. The Morgan fingerprint density at radius 3 is 1.62 bits per heavy atom. The fourth-order valence-electron chi connectivity index (χ4n) is 7.80. The summed E-state index contributed by atoms with van der Waals surface area (Å²) in [7, 11) is -10.0. The van der Waals surface area contributed by atoms with Crippen LogP contribution in [0.15, 0.2) is 146 Å². The number of phosphoric acid groups is 1. The summed E-state index contributed by atoms with van der Waals surface area (Å²) in [4.78, 5) is 24.1. The molecule has 0 saturated heterocycles. The maximum atomic E-state index is 15.6. The summed E-state index contributed by atoms with van der Waals surface area (Å²) < 4.78 is 115. The van der Waals surface area contributed by atoms with Crippen LogP contribution < -0.4 is 14.4 Å². The molecule has 0 fully saturated rings. The van der Waals surface area contributed by atoms with Crippen molar-refractivity contribution in [2.24, 2.45) is 0 Å². The molecule has 9 rings (SSSR count). The molecule has 0 amide bonds. The van der Waals surface area contributed by atoms with Crippen molar-refractivity contribution in [3.63, 3.8) is 0 Å². The highest BCUT2D eigenvalue weighted by molar-refractivity contribution is 7.67. The van der Waals surface area contributed by atoms with Crippen molar-refractivity contribution in [1.29, 1.82) is 0 Å². The topological polar surface area (TPSA) is 93.1 Å². The van der Waals surface area contributed by atoms with Crippen molar-refractivity contribution in [3.05, 3.63) is 186 Å². The fraction of sp³-hybridized carbons (Fsp3) is 0.0222. The van der Waals surface area contributed by atoms with E-state index >= 15 is 13.3 Å². The molecule has 58 heavy (non-hydrogen) atoms. The van der Waals surface area contributed by atoms with Gasteiger partial charge in [-0.1, -0.05) is 133 Å². The normalized spacial score (nSPS) is 15.9. The highest BCUT2D eigenvalue weighted by atomic mass is 31.2. The molecule has 1 aliphatic rings. The van der Waals surface area contributed by atoms with Crippen LogP contribution in [0.3, 0.4) is 0 Å². The van der Waals surface area contributed by atoms with E-state index in [1.165, 1.54) is 12.1 Å². The van der Waals surface area contributed by atoms with Crippen molar-refractivity contribution in [2.75, 3.05) is 0 Å². The first kappa shape index (κ1) is 37.5. The summed E-state index contributed by atoms with van der Waals surface area (Å²) in [5.41, 5.74) is -1.86. The minimum Gasteiger partial charge on any atom is -0.394 e. The van der Waals surface area contributed by atoms with Gasteiger partial charge in [0.25, 0.3) is 0 Å². The summed E-state index contributed by atoms with van der Waals surface area (Å²) in [6.07, 6.45) is 0. The predicted molar refractivity (Wildman–Crippen MR) is 213 cm³/mol. The zero-order chi connectivity index (χ0) is 40.5. The van der Waals surface area contributed by atoms with Gasteiger partial charge >= 0.3 is 7.82 Å². The summed E-state index contributed by atoms with van der Waals surface area (Å²) in [6.45, 7) is 0. The third-order valence-electron chi connectivity index (χ3n) is 10.3. The van der Waals surface area contributed by atoms with Crippen LogP contribution in [0, 0.1) is 29.1 Å². The molecule has 0 radical (unpaired) electrons. The van der Waals surface area contributed by atoms with Gasteiger partial charge in [0, 0.05) is 33.1 Å². The molecule has 1 heterocycles. The molecule has 0 aliphatic carbocycles. The molecule has 2 unspecified atom stereocenters. The van der Waals surface area contributed by atoms with Gasteiger partial charge in [0.15, 0.2) is 23.3 Å². The van der Waals surface area contributed by atoms with Crippen LogP contribution in [0.4, 0.5) is 22.0 Å². The summed E-state index contributed by atoms with van der Waals surface area (Å²) in [5.74, 6) is -12.2. The summed E-state index contributed by atoms with van der Waals surface area (Å²) in [5, 5.41) is 2.03. The van der Waals surface area contributed by atoms with Crippen molar-refractivity contribution >= 4 is 42.0 Å². The number of hydrogen-bond donors (Lipinski definition) is 2. The number of phosphoric ester groups is 1. The number of para-hydroxylation sites is 1. The molecule has 8 aromatic carbocycles. The average Bonchev–Trinajstić information content (AvgIpc) is 3.34. The number of halogens is 5. The van der Waals surface area contributed by atoms with E-state index in [4.69, 9.17) is 9.05 Å². The molecule has 0 saturated carbocycles. The van der Waals surface area contributed by atoms with Gasteiger partial charge in [-0.25, -0.2) is 26.5 Å². The highest BCUT2D eigenvalue weighted by Gasteiger charge is 2.42. The molecular weight excluding hydrogens is 793 g/mol. The standard InChI is InChI=1S/C45H27F5O6P2/c46-38-37(39(47)41(49)42(50)40(38)48)32-21-11-20-31-33-24-28-17-8-10-19-30(28)36(44(33)56-58(53,54)55-43(31)32)35-29-18-9-7-12-25(29)22-23-34(35)57(51,52)45(26-13-3-1-4-14-26)27-15-5-2-6-16-27/h1-24,45H,(H,51,52)(H,53,54). The second-order valence-electron chi connectivity index (χ2n) is 13.7. The van der Waals surface area contributed by atoms with E-state index in [0.717, 1.165) is 6.07 Å². The number of rotatable bonds is 6. The lowest BCUT2D eigenvalue weighted by Gasteiger charge is -2.28. The first-order valence-electron chi connectivity index (χ1n) is 17.8. The van der Waals surface area contributed by atoms with E-state index in [0.29, 0.717) is 32.7 Å². The largest absolute Gasteiger partial charge is 0.584 e. The minimum atomic E-state index is -5.40. The summed E-state index contributed by atoms with van der Waals surface area (Å²) in [6, 6.07) is 40.0. The van der Waals surface area contributed by atoms with Crippen molar-refractivity contribution in [1.82, 2.24) is 0 Å². The zero-order valence-electron chi connectivity index (χ0n) is 29.7. The van der Waals surface area contributed by atoms with Gasteiger partial charge in [0.05, 0.1) is 11.2 Å². The Bertz CT molecular complexity index is 3000. The molecule has 13 heteroatoms. The van der Waals surface area contributed by atoms with E-state index in [9.17, 15) is 27.5 Å². The Morgan fingerprint density at radius 2 is 1.00 bits per heavy atom. The molecule has 8 aromatic rings. The molecule has 288 valence electrons. The fourth-order valence-corrected chi connectivity index (χ4v) is 11.0. The van der Waals surface area contributed by atoms with Crippen LogP contribution in [0.25, 0.3) is 54.9 Å². The molecule has 1 aliphatic heterocycles. The number of benzene rings is 8. The first-order valence-corrected chi connectivity index (χ1v) is 21.0. The van der Waals surface area contributed by atoms with Crippen molar-refractivity contribution < 1.29 is 49.9 Å². The Morgan fingerprint density at radius 1 is 0.500 bits per heavy atom. The monoisotopic (exact) mass is 820 g/mol. The third kappa shape index (κ3) is 6.01. The second kappa shape index (κ2) is 14.1. The van der Waals surface area contributed by atoms with Gasteiger partial charge in [-0.3, -0.25) is 9.46 Å². The Hall–Kier alpha value is -6.09. The molecule has 0 aromatic heterocycles. The average molecular weight is 821 g/mol. The number of hydrogen-bond acceptors (Lipinski definition) is 4. The molecule has 6 nitrogen and oxygen atoms in total. The van der Waals surface area contributed by atoms with E-state index in [1.807, 2.05) is 0 Å². The number of fused-ring (bicyclic) bond motifs is 5. The Balaban J connectivity index is 1.41. The lowest BCUT2D eigenvalue weighted by molar-refractivity contribution is 0.295. The molecule has 2 N–H and O–H groups in total. The van der Waals surface area contributed by atoms with Gasteiger partial charge in [-0.05, 0) is 44.8 Å². The van der Waals surface area contributed by atoms with Gasteiger partial charge < -0.3 is 13.9 Å². The van der Waals surface area contributed by atoms with E-state index in [-0.39, 0.29) is 33.3 Å². The van der Waals surface area contributed by atoms with Crippen molar-refractivity contribution in [2.45, 2.75) is 5.66 Å². The predicted octanol–water partition coefficient (Wildman–Crippen LogP) is 12.2. The molecule has 0 spiro atoms. The van der Waals surface area contributed by atoms with Crippen LogP contribution in [0.2, 0.25) is 0 Å². The van der Waals surface area contributed by atoms with E-state index < -0.39 is 66.8 Å². The van der Waals surface area contributed by atoms with Gasteiger partial charge in [0.2, 0.25) is 13.2 Å². The molecular formula is C45H27F5O6P2. The minimum absolute atomic E-state index is 0.0145. The van der Waals surface area contributed by atoms with Crippen molar-refractivity contribution in [3.8, 4) is 44.9 Å². The quantitative estimate of drug-likeness (QED) is 0.0751. The van der Waals surface area contributed by atoms with Crippen LogP contribution in [-0.4, -0.2) is 9.79 Å². The van der Waals surface area contributed by atoms with Crippen LogP contribution in [-0.2, 0) is 9.13 Å². The second-order valence-corrected chi connectivity index (χ2v) is 17.2. The van der Waals surface area contributed by atoms with E-state index in [1.54, 1.807) is 127 Å². The third-order valence-corrected chi connectivity index (χ3v) is 13.5. The van der Waals surface area contributed by atoms with Crippen LogP contribution in [0.5, 0.6) is 11.5 Å². The molecule has 2 atom stereocenters. The summed E-state index contributed by atoms with van der Waals surface area (Å²) >= 11 is 0. The Kier molecular flexibility index (Phi) is 9.10. The lowest BCUT2D eigenvalue weighted by Crippen LogP contribution is -2.16. The van der Waals surface area contributed by atoms with E-state index in [2.05, 4.69) is 0 Å². The van der Waals surface area contributed by atoms with Gasteiger partial charge in [-0.2, -0.15) is 0 Å². The maximum absolute atomic E-state index is 15.6. The Labute approximate surface area is 327 Å². The smallest absolute Gasteiger partial charge is 0.394 e. The first-order chi connectivity index (χ1) is 27.9. The highest BCUT2D eigenvalue weighted by Crippen LogP contribution is 2.63. The SMILES string of the molecule is O=P1(O)Oc2c(cccc2-c2c(F)c(F)c(F)c(F)c2F)-c2cc3ccccc3c(-c3c(P(=O)(O)C(c4ccccc4)c4ccccc4)ccc4ccccc34)c2O1.